The normalized spacial score (nSPS) is 30.4. The van der Waals surface area contributed by atoms with Crippen LogP contribution in [0.15, 0.2) is 0 Å². The van der Waals surface area contributed by atoms with E-state index in [-0.39, 0.29) is 5.79 Å². The number of hydrogen-bond donors (Lipinski definition) is 0. The molecule has 1 aliphatic carbocycles. The van der Waals surface area contributed by atoms with Gasteiger partial charge in [-0.25, -0.2) is 0 Å². The molecule has 14 heavy (non-hydrogen) atoms. The molecule has 78 valence electrons. The molecule has 2 aliphatic rings. The molecule has 2 rings (SSSR count). The topological polar surface area (TPSA) is 42.2 Å². The van der Waals surface area contributed by atoms with Crippen molar-refractivity contribution in [1.82, 2.24) is 0 Å². The van der Waals surface area contributed by atoms with E-state index < -0.39 is 0 Å². The van der Waals surface area contributed by atoms with Gasteiger partial charge in [-0.2, -0.15) is 5.26 Å². The van der Waals surface area contributed by atoms with E-state index in [2.05, 4.69) is 6.07 Å². The van der Waals surface area contributed by atoms with Crippen molar-refractivity contribution in [3.05, 3.63) is 0 Å². The summed E-state index contributed by atoms with van der Waals surface area (Å²) in [5, 5.41) is 8.60. The highest BCUT2D eigenvalue weighted by Gasteiger charge is 2.45. The summed E-state index contributed by atoms with van der Waals surface area (Å²) >= 11 is 0. The van der Waals surface area contributed by atoms with Gasteiger partial charge in [0.2, 0.25) is 0 Å². The zero-order valence-electron chi connectivity index (χ0n) is 8.50. The van der Waals surface area contributed by atoms with Crippen molar-refractivity contribution in [2.75, 3.05) is 13.2 Å². The van der Waals surface area contributed by atoms with E-state index in [9.17, 15) is 0 Å². The minimum Gasteiger partial charge on any atom is -0.347 e. The minimum atomic E-state index is -0.310. The van der Waals surface area contributed by atoms with Crippen molar-refractivity contribution in [1.29, 1.82) is 5.26 Å². The van der Waals surface area contributed by atoms with Crippen LogP contribution in [0.2, 0.25) is 0 Å². The predicted molar refractivity (Wildman–Crippen MR) is 51.4 cm³/mol. The third-order valence-electron chi connectivity index (χ3n) is 3.33. The first kappa shape index (κ1) is 9.95. The SMILES string of the molecule is N#CCC[C@@H]1CCCCC12OCCO2. The van der Waals surface area contributed by atoms with E-state index in [0.717, 1.165) is 32.5 Å². The molecule has 0 aromatic heterocycles. The van der Waals surface area contributed by atoms with Gasteiger partial charge >= 0.3 is 0 Å². The zero-order valence-corrected chi connectivity index (χ0v) is 8.50. The molecule has 0 aromatic rings. The molecule has 0 amide bonds. The molecule has 1 aliphatic heterocycles. The summed E-state index contributed by atoms with van der Waals surface area (Å²) in [6, 6.07) is 2.21. The maximum atomic E-state index is 8.60. The summed E-state index contributed by atoms with van der Waals surface area (Å²) in [5.74, 6) is 0.133. The van der Waals surface area contributed by atoms with Gasteiger partial charge in [-0.3, -0.25) is 0 Å². The Hall–Kier alpha value is -0.590. The van der Waals surface area contributed by atoms with E-state index >= 15 is 0 Å². The number of ether oxygens (including phenoxy) is 2. The molecule has 0 bridgehead atoms. The Morgan fingerprint density at radius 2 is 2.07 bits per heavy atom. The quantitative estimate of drug-likeness (QED) is 0.678. The molecule has 0 N–H and O–H groups in total. The van der Waals surface area contributed by atoms with Gasteiger partial charge < -0.3 is 9.47 Å². The van der Waals surface area contributed by atoms with E-state index in [1.807, 2.05) is 0 Å². The number of nitriles is 1. The summed E-state index contributed by atoms with van der Waals surface area (Å²) in [6.07, 6.45) is 6.17. The third-order valence-corrected chi connectivity index (χ3v) is 3.33. The number of hydrogen-bond acceptors (Lipinski definition) is 3. The van der Waals surface area contributed by atoms with Crippen LogP contribution in [0.3, 0.4) is 0 Å². The fraction of sp³-hybridized carbons (Fsp3) is 0.909. The summed E-state index contributed by atoms with van der Waals surface area (Å²) in [7, 11) is 0. The van der Waals surface area contributed by atoms with Crippen molar-refractivity contribution in [3.8, 4) is 6.07 Å². The van der Waals surface area contributed by atoms with Gasteiger partial charge in [0.05, 0.1) is 19.3 Å². The smallest absolute Gasteiger partial charge is 0.171 e. The third kappa shape index (κ3) is 1.77. The molecule has 0 unspecified atom stereocenters. The average molecular weight is 195 g/mol. The van der Waals surface area contributed by atoms with Gasteiger partial charge in [0, 0.05) is 18.8 Å². The van der Waals surface area contributed by atoms with Crippen LogP contribution in [0.1, 0.15) is 38.5 Å². The van der Waals surface area contributed by atoms with Crippen LogP contribution in [-0.4, -0.2) is 19.0 Å². The fourth-order valence-corrected chi connectivity index (χ4v) is 2.64. The zero-order chi connectivity index (χ0) is 9.86. The van der Waals surface area contributed by atoms with Crippen LogP contribution in [0, 0.1) is 17.2 Å². The summed E-state index contributed by atoms with van der Waals surface area (Å²) in [5.41, 5.74) is 0. The first-order valence-electron chi connectivity index (χ1n) is 5.52. The summed E-state index contributed by atoms with van der Waals surface area (Å²) in [6.45, 7) is 1.45. The molecule has 2 fully saturated rings. The molecule has 1 heterocycles. The van der Waals surface area contributed by atoms with Crippen molar-refractivity contribution in [3.63, 3.8) is 0 Å². The second kappa shape index (κ2) is 4.29. The molecule has 1 spiro atoms. The average Bonchev–Trinajstić information content (AvgIpc) is 2.66. The Balaban J connectivity index is 2.00. The summed E-state index contributed by atoms with van der Waals surface area (Å²) in [4.78, 5) is 0. The largest absolute Gasteiger partial charge is 0.347 e. The molecule has 3 heteroatoms. The van der Waals surface area contributed by atoms with E-state index in [1.165, 1.54) is 12.8 Å². The van der Waals surface area contributed by atoms with Crippen molar-refractivity contribution in [2.45, 2.75) is 44.3 Å². The van der Waals surface area contributed by atoms with Gasteiger partial charge in [0.15, 0.2) is 5.79 Å². The van der Waals surface area contributed by atoms with Crippen LogP contribution in [0.25, 0.3) is 0 Å². The van der Waals surface area contributed by atoms with Crippen molar-refractivity contribution in [2.24, 2.45) is 5.92 Å². The lowest BCUT2D eigenvalue weighted by molar-refractivity contribution is -0.213. The second-order valence-electron chi connectivity index (χ2n) is 4.15. The standard InChI is InChI=1S/C11H17NO2/c12-7-3-5-10-4-1-2-6-11(10)13-8-9-14-11/h10H,1-6,8-9H2/t10-/m0/s1. The van der Waals surface area contributed by atoms with Gasteiger partial charge in [0.25, 0.3) is 0 Å². The van der Waals surface area contributed by atoms with Crippen LogP contribution in [-0.2, 0) is 9.47 Å². The minimum absolute atomic E-state index is 0.310. The highest BCUT2D eigenvalue weighted by atomic mass is 16.7. The fourth-order valence-electron chi connectivity index (χ4n) is 2.64. The molecular weight excluding hydrogens is 178 g/mol. The maximum Gasteiger partial charge on any atom is 0.171 e. The van der Waals surface area contributed by atoms with Crippen LogP contribution < -0.4 is 0 Å². The first-order chi connectivity index (χ1) is 6.87. The molecule has 1 atom stereocenters. The van der Waals surface area contributed by atoms with Gasteiger partial charge in [0.1, 0.15) is 0 Å². The van der Waals surface area contributed by atoms with Gasteiger partial charge in [-0.15, -0.1) is 0 Å². The Bertz CT molecular complexity index is 228. The molecular formula is C11H17NO2. The molecule has 1 saturated carbocycles. The lowest BCUT2D eigenvalue weighted by Gasteiger charge is -2.39. The Morgan fingerprint density at radius 1 is 1.29 bits per heavy atom. The van der Waals surface area contributed by atoms with Crippen LogP contribution >= 0.6 is 0 Å². The van der Waals surface area contributed by atoms with Crippen molar-refractivity contribution >= 4 is 0 Å². The maximum absolute atomic E-state index is 8.60. The molecule has 3 nitrogen and oxygen atoms in total. The lowest BCUT2D eigenvalue weighted by atomic mass is 9.80. The highest BCUT2D eigenvalue weighted by molar-refractivity contribution is 4.88. The summed E-state index contributed by atoms with van der Waals surface area (Å²) < 4.78 is 11.5. The Kier molecular flexibility index (Phi) is 3.05. The second-order valence-corrected chi connectivity index (χ2v) is 4.15. The first-order valence-corrected chi connectivity index (χ1v) is 5.52. The van der Waals surface area contributed by atoms with Crippen molar-refractivity contribution < 1.29 is 9.47 Å². The number of rotatable bonds is 2. The van der Waals surface area contributed by atoms with Gasteiger partial charge in [-0.1, -0.05) is 6.42 Å². The van der Waals surface area contributed by atoms with Gasteiger partial charge in [-0.05, 0) is 19.3 Å². The van der Waals surface area contributed by atoms with E-state index in [1.54, 1.807) is 0 Å². The highest BCUT2D eigenvalue weighted by Crippen LogP contribution is 2.42. The Morgan fingerprint density at radius 3 is 2.79 bits per heavy atom. The van der Waals surface area contributed by atoms with Crippen LogP contribution in [0.4, 0.5) is 0 Å². The Labute approximate surface area is 85.0 Å². The molecule has 1 saturated heterocycles. The molecule has 0 radical (unpaired) electrons. The van der Waals surface area contributed by atoms with Crippen LogP contribution in [0.5, 0.6) is 0 Å². The van der Waals surface area contributed by atoms with E-state index in [0.29, 0.717) is 12.3 Å². The van der Waals surface area contributed by atoms with E-state index in [4.69, 9.17) is 14.7 Å². The number of nitrogens with zero attached hydrogens (tertiary/aromatic N) is 1. The molecule has 0 aromatic carbocycles. The monoisotopic (exact) mass is 195 g/mol. The predicted octanol–water partition coefficient (Wildman–Crippen LogP) is 2.22. The lowest BCUT2D eigenvalue weighted by Crippen LogP contribution is -2.41.